The number of amides is 2. The van der Waals surface area contributed by atoms with Gasteiger partial charge < -0.3 is 9.84 Å². The summed E-state index contributed by atoms with van der Waals surface area (Å²) >= 11 is 0. The first-order chi connectivity index (χ1) is 11.8. The van der Waals surface area contributed by atoms with Gasteiger partial charge >= 0.3 is 18.0 Å². The number of aromatic carboxylic acids is 1. The highest BCUT2D eigenvalue weighted by Crippen LogP contribution is 2.20. The molecule has 12 heteroatoms. The summed E-state index contributed by atoms with van der Waals surface area (Å²) in [6.45, 7) is 0. The molecule has 0 unspecified atom stereocenters. The Morgan fingerprint density at radius 3 is 2.56 bits per heavy atom. The molecule has 2 N–H and O–H groups in total. The first kappa shape index (κ1) is 18.1. The van der Waals surface area contributed by atoms with Gasteiger partial charge in [-0.1, -0.05) is 12.1 Å². The van der Waals surface area contributed by atoms with E-state index in [1.165, 1.54) is 19.2 Å². The lowest BCUT2D eigenvalue weighted by Gasteiger charge is -2.18. The van der Waals surface area contributed by atoms with Crippen LogP contribution in [0.4, 0.5) is 10.7 Å². The molecule has 2 amide bonds. The maximum Gasteiger partial charge on any atom is 0.337 e. The first-order valence-electron chi connectivity index (χ1n) is 6.62. The van der Waals surface area contributed by atoms with Gasteiger partial charge in [0.05, 0.1) is 12.7 Å². The van der Waals surface area contributed by atoms with Gasteiger partial charge in [-0.15, -0.1) is 0 Å². The number of nitrogens with one attached hydrogen (secondary N) is 1. The lowest BCUT2D eigenvalue weighted by molar-refractivity contribution is 0.0692. The van der Waals surface area contributed by atoms with E-state index in [1.54, 1.807) is 0 Å². The van der Waals surface area contributed by atoms with Gasteiger partial charge in [0, 0.05) is 7.05 Å². The van der Waals surface area contributed by atoms with E-state index >= 15 is 0 Å². The fourth-order valence-corrected chi connectivity index (χ4v) is 2.98. The predicted molar refractivity (Wildman–Crippen MR) is 83.7 cm³/mol. The quantitative estimate of drug-likeness (QED) is 0.766. The van der Waals surface area contributed by atoms with Gasteiger partial charge in [0.15, 0.2) is 0 Å². The molecule has 132 valence electrons. The minimum absolute atomic E-state index is 0.0768. The second-order valence-electron chi connectivity index (χ2n) is 4.50. The summed E-state index contributed by atoms with van der Waals surface area (Å²) in [5, 5.41) is 11.3. The number of carbonyl (C=O) groups excluding carboxylic acids is 1. The van der Waals surface area contributed by atoms with Crippen LogP contribution in [0, 0.1) is 0 Å². The van der Waals surface area contributed by atoms with Crippen LogP contribution in [0.1, 0.15) is 10.4 Å². The third-order valence-corrected chi connectivity index (χ3v) is 4.79. The number of carbonyl (C=O) groups is 2. The molecular formula is C13H13N5O6S. The Bertz CT molecular complexity index is 917. The molecule has 0 radical (unpaired) electrons. The Morgan fingerprint density at radius 2 is 1.92 bits per heavy atom. The van der Waals surface area contributed by atoms with Crippen molar-refractivity contribution in [3.63, 3.8) is 0 Å². The summed E-state index contributed by atoms with van der Waals surface area (Å²) in [6, 6.07) is 3.77. The molecule has 0 aliphatic rings. The van der Waals surface area contributed by atoms with Crippen molar-refractivity contribution in [3.8, 4) is 6.01 Å². The van der Waals surface area contributed by atoms with Crippen molar-refractivity contribution in [1.82, 2.24) is 19.3 Å². The van der Waals surface area contributed by atoms with E-state index < -0.39 is 32.5 Å². The molecule has 0 fully saturated rings. The van der Waals surface area contributed by atoms with Crippen LogP contribution in [0.5, 0.6) is 6.01 Å². The molecule has 1 aromatic carbocycles. The Hall–Kier alpha value is -3.28. The van der Waals surface area contributed by atoms with Gasteiger partial charge in [-0.25, -0.2) is 27.3 Å². The number of nitrogens with zero attached hydrogens (tertiary/aromatic N) is 4. The molecular weight excluding hydrogens is 354 g/mol. The van der Waals surface area contributed by atoms with Crippen molar-refractivity contribution in [2.24, 2.45) is 0 Å². The summed E-state index contributed by atoms with van der Waals surface area (Å²) in [7, 11) is -2.13. The standard InChI is InChI=1S/C13H13N5O6S/c1-18(13(21)17-11-14-7-15-12(16-11)24-2)25(22,23)9-6-4-3-5-8(9)10(19)20/h3-7H,1-2H3,(H,19,20)(H,14,15,16,17,21). The van der Waals surface area contributed by atoms with Crippen LogP contribution < -0.4 is 10.1 Å². The number of rotatable bonds is 5. The number of aromatic nitrogens is 3. The summed E-state index contributed by atoms with van der Waals surface area (Å²) in [6.07, 6.45) is 1.07. The average Bonchev–Trinajstić information content (AvgIpc) is 2.61. The van der Waals surface area contributed by atoms with E-state index in [1.807, 2.05) is 0 Å². The molecule has 25 heavy (non-hydrogen) atoms. The molecule has 0 bridgehead atoms. The maximum absolute atomic E-state index is 12.5. The van der Waals surface area contributed by atoms with E-state index in [-0.39, 0.29) is 12.0 Å². The summed E-state index contributed by atoms with van der Waals surface area (Å²) in [5.41, 5.74) is -0.455. The molecule has 0 saturated carbocycles. The summed E-state index contributed by atoms with van der Waals surface area (Å²) < 4.78 is 30.2. The topological polar surface area (TPSA) is 152 Å². The van der Waals surface area contributed by atoms with E-state index in [9.17, 15) is 18.0 Å². The lowest BCUT2D eigenvalue weighted by atomic mass is 10.2. The van der Waals surface area contributed by atoms with E-state index in [0.29, 0.717) is 4.31 Å². The Balaban J connectivity index is 2.30. The second-order valence-corrected chi connectivity index (χ2v) is 6.44. The molecule has 2 aromatic rings. The van der Waals surface area contributed by atoms with Crippen molar-refractivity contribution >= 4 is 28.0 Å². The third kappa shape index (κ3) is 3.80. The molecule has 0 saturated heterocycles. The zero-order chi connectivity index (χ0) is 18.6. The number of hydrogen-bond donors (Lipinski definition) is 2. The van der Waals surface area contributed by atoms with Crippen molar-refractivity contribution in [3.05, 3.63) is 36.2 Å². The minimum atomic E-state index is -4.41. The molecule has 2 rings (SSSR count). The molecule has 11 nitrogen and oxygen atoms in total. The van der Waals surface area contributed by atoms with Crippen molar-refractivity contribution < 1.29 is 27.9 Å². The average molecular weight is 367 g/mol. The van der Waals surface area contributed by atoms with Gasteiger partial charge in [-0.2, -0.15) is 9.97 Å². The smallest absolute Gasteiger partial charge is 0.337 e. The number of carboxylic acids is 1. The van der Waals surface area contributed by atoms with Crippen molar-refractivity contribution in [2.45, 2.75) is 4.90 Å². The minimum Gasteiger partial charge on any atom is -0.478 e. The highest BCUT2D eigenvalue weighted by Gasteiger charge is 2.30. The fraction of sp³-hybridized carbons (Fsp3) is 0.154. The molecule has 1 aromatic heterocycles. The fourth-order valence-electron chi connectivity index (χ4n) is 1.74. The predicted octanol–water partition coefficient (Wildman–Crippen LogP) is 0.431. The number of hydrogen-bond acceptors (Lipinski definition) is 8. The number of urea groups is 1. The number of methoxy groups -OCH3 is 1. The number of sulfonamides is 1. The van der Waals surface area contributed by atoms with Gasteiger partial charge in [0.2, 0.25) is 5.95 Å². The van der Waals surface area contributed by atoms with Crippen LogP contribution in [0.2, 0.25) is 0 Å². The third-order valence-electron chi connectivity index (χ3n) is 2.99. The first-order valence-corrected chi connectivity index (χ1v) is 8.06. The van der Waals surface area contributed by atoms with Gasteiger partial charge in [-0.3, -0.25) is 5.32 Å². The monoisotopic (exact) mass is 367 g/mol. The highest BCUT2D eigenvalue weighted by atomic mass is 32.2. The Morgan fingerprint density at radius 1 is 1.24 bits per heavy atom. The van der Waals surface area contributed by atoms with Crippen LogP contribution in [0.3, 0.4) is 0 Å². The Labute approximate surface area is 142 Å². The van der Waals surface area contributed by atoms with E-state index in [2.05, 4.69) is 20.3 Å². The summed E-state index contributed by atoms with van der Waals surface area (Å²) in [5.74, 6) is -1.67. The molecule has 0 atom stereocenters. The van der Waals surface area contributed by atoms with Gasteiger partial charge in [0.25, 0.3) is 10.0 Å². The van der Waals surface area contributed by atoms with Crippen LogP contribution in [-0.4, -0.2) is 58.9 Å². The molecule has 1 heterocycles. The zero-order valence-corrected chi connectivity index (χ0v) is 13.9. The number of ether oxygens (including phenoxy) is 1. The normalized spacial score (nSPS) is 10.8. The number of anilines is 1. The van der Waals surface area contributed by atoms with Crippen LogP contribution in [0.15, 0.2) is 35.5 Å². The number of carboxylic acid groups (broad SMARTS) is 1. The van der Waals surface area contributed by atoms with Gasteiger partial charge in [-0.05, 0) is 12.1 Å². The highest BCUT2D eigenvalue weighted by molar-refractivity contribution is 7.89. The second kappa shape index (κ2) is 7.09. The maximum atomic E-state index is 12.5. The van der Waals surface area contributed by atoms with Crippen LogP contribution in [-0.2, 0) is 10.0 Å². The molecule has 0 aliphatic heterocycles. The number of benzene rings is 1. The Kier molecular flexibility index (Phi) is 5.12. The van der Waals surface area contributed by atoms with E-state index in [0.717, 1.165) is 25.5 Å². The van der Waals surface area contributed by atoms with Crippen molar-refractivity contribution in [1.29, 1.82) is 0 Å². The summed E-state index contributed by atoms with van der Waals surface area (Å²) in [4.78, 5) is 33.9. The van der Waals surface area contributed by atoms with Gasteiger partial charge in [0.1, 0.15) is 11.2 Å². The molecule has 0 aliphatic carbocycles. The SMILES string of the molecule is COc1ncnc(NC(=O)N(C)S(=O)(=O)c2ccccc2C(=O)O)n1. The van der Waals surface area contributed by atoms with Crippen molar-refractivity contribution in [2.75, 3.05) is 19.5 Å². The van der Waals surface area contributed by atoms with E-state index in [4.69, 9.17) is 9.84 Å². The molecule has 0 spiro atoms. The largest absolute Gasteiger partial charge is 0.478 e. The zero-order valence-electron chi connectivity index (χ0n) is 13.1. The van der Waals surface area contributed by atoms with Crippen LogP contribution >= 0.6 is 0 Å². The lowest BCUT2D eigenvalue weighted by Crippen LogP contribution is -2.37. The van der Waals surface area contributed by atoms with Crippen LogP contribution in [0.25, 0.3) is 0 Å².